The number of amides is 2. The number of carbonyl (C=O) groups is 2. The maximum absolute atomic E-state index is 14.3. The highest BCUT2D eigenvalue weighted by atomic mass is 32.2. The fourth-order valence-electron chi connectivity index (χ4n) is 4.65. The Labute approximate surface area is 224 Å². The molecule has 198 valence electrons. The molecule has 1 unspecified atom stereocenters. The number of halogens is 1. The second-order valence-electron chi connectivity index (χ2n) is 10.1. The summed E-state index contributed by atoms with van der Waals surface area (Å²) in [5, 5.41) is 0. The van der Waals surface area contributed by atoms with Gasteiger partial charge < -0.3 is 15.5 Å². The summed E-state index contributed by atoms with van der Waals surface area (Å²) in [6.45, 7) is 8.45. The number of fused-ring (bicyclic) bond motifs is 1. The van der Waals surface area contributed by atoms with Crippen LogP contribution in [0.4, 0.5) is 4.39 Å². The average Bonchev–Trinajstić information content (AvgIpc) is 3.15. The minimum Gasteiger partial charge on any atom is -0.343 e. The standard InChI is InChI=1S/C30H38FN3O2S/c1-18(2)28(32)30(36)34(6)15-14-33(5)29(35)20(4)27-19(3)25(24-13-10-22(31)17-26(24)27)16-21-8-11-23(37-7)12-9-21/h8-13,16-18,20,28H,14-15,32H2,1-7H3/b25-16-/t20?,28-/m0/s1. The molecule has 0 heterocycles. The molecule has 2 amide bonds. The third kappa shape index (κ3) is 6.33. The van der Waals surface area contributed by atoms with Gasteiger partial charge in [0.25, 0.3) is 0 Å². The van der Waals surface area contributed by atoms with Crippen molar-refractivity contribution in [3.05, 3.63) is 70.5 Å². The fourth-order valence-corrected chi connectivity index (χ4v) is 5.06. The molecule has 1 aliphatic rings. The van der Waals surface area contributed by atoms with Gasteiger partial charge in [0, 0.05) is 32.1 Å². The number of benzene rings is 2. The minimum atomic E-state index is -0.565. The second-order valence-corrected chi connectivity index (χ2v) is 11.0. The van der Waals surface area contributed by atoms with E-state index in [9.17, 15) is 14.0 Å². The van der Waals surface area contributed by atoms with Crippen LogP contribution in [0.25, 0.3) is 17.2 Å². The molecule has 0 saturated heterocycles. The summed E-state index contributed by atoms with van der Waals surface area (Å²) in [6, 6.07) is 12.5. The number of nitrogens with zero attached hydrogens (tertiary/aromatic N) is 2. The molecule has 2 aromatic carbocycles. The van der Waals surface area contributed by atoms with Gasteiger partial charge in [0.1, 0.15) is 5.82 Å². The highest BCUT2D eigenvalue weighted by Gasteiger charge is 2.32. The Kier molecular flexibility index (Phi) is 9.37. The Balaban J connectivity index is 1.85. The highest BCUT2D eigenvalue weighted by molar-refractivity contribution is 7.98. The Morgan fingerprint density at radius 1 is 0.973 bits per heavy atom. The number of likely N-dealkylation sites (N-methyl/N-ethyl adjacent to an activating group) is 2. The van der Waals surface area contributed by atoms with Crippen molar-refractivity contribution in [1.82, 2.24) is 9.80 Å². The van der Waals surface area contributed by atoms with Crippen LogP contribution in [0.2, 0.25) is 0 Å². The van der Waals surface area contributed by atoms with E-state index in [2.05, 4.69) is 30.3 Å². The smallest absolute Gasteiger partial charge is 0.239 e. The van der Waals surface area contributed by atoms with Gasteiger partial charge in [0.05, 0.1) is 12.0 Å². The molecule has 0 aliphatic heterocycles. The van der Waals surface area contributed by atoms with Crippen molar-refractivity contribution in [2.45, 2.75) is 38.6 Å². The number of carbonyl (C=O) groups excluding carboxylic acids is 2. The molecule has 0 fully saturated rings. The monoisotopic (exact) mass is 523 g/mol. The number of nitrogens with two attached hydrogens (primary N) is 1. The molecule has 2 aromatic rings. The Morgan fingerprint density at radius 3 is 2.14 bits per heavy atom. The topological polar surface area (TPSA) is 66.6 Å². The van der Waals surface area contributed by atoms with Crippen LogP contribution in [-0.2, 0) is 9.59 Å². The quantitative estimate of drug-likeness (QED) is 0.446. The highest BCUT2D eigenvalue weighted by Crippen LogP contribution is 2.46. The normalized spacial score (nSPS) is 15.7. The largest absolute Gasteiger partial charge is 0.343 e. The van der Waals surface area contributed by atoms with Crippen molar-refractivity contribution in [1.29, 1.82) is 0 Å². The summed E-state index contributed by atoms with van der Waals surface area (Å²) in [5.74, 6) is -0.983. The van der Waals surface area contributed by atoms with Crippen LogP contribution < -0.4 is 5.73 Å². The maximum Gasteiger partial charge on any atom is 0.239 e. The zero-order valence-electron chi connectivity index (χ0n) is 22.8. The molecule has 0 radical (unpaired) electrons. The molecule has 0 saturated carbocycles. The first-order valence-corrected chi connectivity index (χ1v) is 13.8. The maximum atomic E-state index is 14.3. The van der Waals surface area contributed by atoms with Crippen LogP contribution in [0.1, 0.15) is 44.4 Å². The molecule has 1 aliphatic carbocycles. The lowest BCUT2D eigenvalue weighted by Crippen LogP contribution is -2.47. The molecular weight excluding hydrogens is 485 g/mol. The Hall–Kier alpha value is -2.90. The van der Waals surface area contributed by atoms with E-state index in [4.69, 9.17) is 5.73 Å². The van der Waals surface area contributed by atoms with Crippen molar-refractivity contribution >= 4 is 40.8 Å². The number of rotatable bonds is 9. The zero-order valence-corrected chi connectivity index (χ0v) is 23.7. The molecule has 0 aromatic heterocycles. The Morgan fingerprint density at radius 2 is 1.57 bits per heavy atom. The fraction of sp³-hybridized carbons (Fsp3) is 0.400. The summed E-state index contributed by atoms with van der Waals surface area (Å²) in [6.07, 6.45) is 4.14. The lowest BCUT2D eigenvalue weighted by atomic mass is 9.92. The molecular formula is C30H38FN3O2S. The number of allylic oxidation sites excluding steroid dienone is 2. The van der Waals surface area contributed by atoms with E-state index >= 15 is 0 Å². The molecule has 2 atom stereocenters. The van der Waals surface area contributed by atoms with E-state index in [1.807, 2.05) is 34.0 Å². The first kappa shape index (κ1) is 28.7. The Bertz CT molecular complexity index is 1220. The van der Waals surface area contributed by atoms with Crippen molar-refractivity contribution in [2.24, 2.45) is 17.6 Å². The third-order valence-electron chi connectivity index (χ3n) is 7.13. The third-order valence-corrected chi connectivity index (χ3v) is 7.87. The average molecular weight is 524 g/mol. The first-order chi connectivity index (χ1) is 17.5. The van der Waals surface area contributed by atoms with Gasteiger partial charge >= 0.3 is 0 Å². The summed E-state index contributed by atoms with van der Waals surface area (Å²) in [5.41, 5.74) is 11.5. The van der Waals surface area contributed by atoms with Crippen molar-refractivity contribution in [2.75, 3.05) is 33.4 Å². The van der Waals surface area contributed by atoms with Gasteiger partial charge in [-0.15, -0.1) is 11.8 Å². The minimum absolute atomic E-state index is 0.0396. The van der Waals surface area contributed by atoms with Crippen molar-refractivity contribution < 1.29 is 14.0 Å². The van der Waals surface area contributed by atoms with Gasteiger partial charge in [-0.2, -0.15) is 0 Å². The molecule has 0 spiro atoms. The van der Waals surface area contributed by atoms with Gasteiger partial charge in [0.15, 0.2) is 0 Å². The number of thioether (sulfide) groups is 1. The van der Waals surface area contributed by atoms with Crippen molar-refractivity contribution in [3.63, 3.8) is 0 Å². The lowest BCUT2D eigenvalue weighted by molar-refractivity contribution is -0.135. The molecule has 0 bridgehead atoms. The zero-order chi connectivity index (χ0) is 27.4. The van der Waals surface area contributed by atoms with Crippen molar-refractivity contribution in [3.8, 4) is 0 Å². The number of hydrogen-bond donors (Lipinski definition) is 1. The first-order valence-electron chi connectivity index (χ1n) is 12.6. The molecule has 37 heavy (non-hydrogen) atoms. The van der Waals surface area contributed by atoms with Crippen LogP contribution >= 0.6 is 11.8 Å². The van der Waals surface area contributed by atoms with Gasteiger partial charge in [-0.1, -0.05) is 32.0 Å². The molecule has 7 heteroatoms. The van der Waals surface area contributed by atoms with E-state index in [1.54, 1.807) is 41.7 Å². The molecule has 3 rings (SSSR count). The van der Waals surface area contributed by atoms with E-state index in [-0.39, 0.29) is 23.5 Å². The van der Waals surface area contributed by atoms with E-state index in [0.29, 0.717) is 13.1 Å². The van der Waals surface area contributed by atoms with Crippen LogP contribution in [-0.4, -0.2) is 61.1 Å². The summed E-state index contributed by atoms with van der Waals surface area (Å²) >= 11 is 1.69. The lowest BCUT2D eigenvalue weighted by Gasteiger charge is -2.27. The SMILES string of the molecule is CSc1ccc(/C=C2/C(C)=C(C(C)C(=O)N(C)CCN(C)C(=O)[C@@H](N)C(C)C)c3cc(F)ccc32)cc1. The van der Waals surface area contributed by atoms with E-state index < -0.39 is 12.0 Å². The molecule has 2 N–H and O–H groups in total. The second kappa shape index (κ2) is 12.1. The van der Waals surface area contributed by atoms with Gasteiger partial charge in [-0.3, -0.25) is 9.59 Å². The summed E-state index contributed by atoms with van der Waals surface area (Å²) in [4.78, 5) is 30.4. The molecule has 5 nitrogen and oxygen atoms in total. The van der Waals surface area contributed by atoms with Crippen LogP contribution in [0, 0.1) is 17.7 Å². The van der Waals surface area contributed by atoms with E-state index in [0.717, 1.165) is 33.4 Å². The van der Waals surface area contributed by atoms with Gasteiger partial charge in [0.2, 0.25) is 11.8 Å². The predicted octanol–water partition coefficient (Wildman–Crippen LogP) is 5.41. The van der Waals surface area contributed by atoms with Crippen LogP contribution in [0.3, 0.4) is 0 Å². The number of hydrogen-bond acceptors (Lipinski definition) is 4. The van der Waals surface area contributed by atoms with Crippen LogP contribution in [0.5, 0.6) is 0 Å². The summed E-state index contributed by atoms with van der Waals surface area (Å²) < 4.78 is 14.3. The van der Waals surface area contributed by atoms with Gasteiger partial charge in [-0.05, 0) is 89.8 Å². The van der Waals surface area contributed by atoms with Crippen LogP contribution in [0.15, 0.2) is 52.9 Å². The van der Waals surface area contributed by atoms with Gasteiger partial charge in [-0.25, -0.2) is 4.39 Å². The van der Waals surface area contributed by atoms with E-state index in [1.165, 1.54) is 17.0 Å². The predicted molar refractivity (Wildman–Crippen MR) is 152 cm³/mol. The summed E-state index contributed by atoms with van der Waals surface area (Å²) in [7, 11) is 3.44.